The van der Waals surface area contributed by atoms with Crippen molar-refractivity contribution in [2.75, 3.05) is 5.75 Å². The zero-order valence-electron chi connectivity index (χ0n) is 12.6. The monoisotopic (exact) mass is 392 g/mol. The third kappa shape index (κ3) is 5.41. The molecule has 0 spiro atoms. The summed E-state index contributed by atoms with van der Waals surface area (Å²) in [5, 5.41) is 13.8. The van der Waals surface area contributed by atoms with E-state index in [1.807, 2.05) is 30.3 Å². The van der Waals surface area contributed by atoms with E-state index in [2.05, 4.69) is 26.5 Å². The molecular formula is C17H17BrN2O2S. The molecule has 0 radical (unpaired) electrons. The number of carbonyl (C=O) groups excluding carboxylic acids is 1. The normalized spacial score (nSPS) is 11.3. The number of benzene rings is 2. The van der Waals surface area contributed by atoms with Crippen LogP contribution in [0, 0.1) is 0 Å². The Morgan fingerprint density at radius 2 is 1.91 bits per heavy atom. The first-order valence-electron chi connectivity index (χ1n) is 7.00. The summed E-state index contributed by atoms with van der Waals surface area (Å²) in [4.78, 5) is 11.8. The number of phenols is 1. The van der Waals surface area contributed by atoms with Gasteiger partial charge in [-0.25, -0.2) is 5.43 Å². The van der Waals surface area contributed by atoms with Gasteiger partial charge in [0.1, 0.15) is 5.75 Å². The SMILES string of the molecule is C/C(=N/NC(=O)CSCc1ccccc1Br)c1ccccc1O. The molecule has 0 fully saturated rings. The summed E-state index contributed by atoms with van der Waals surface area (Å²) < 4.78 is 1.04. The molecule has 2 aromatic rings. The Hall–Kier alpha value is -1.79. The first-order valence-corrected chi connectivity index (χ1v) is 8.95. The van der Waals surface area contributed by atoms with E-state index in [9.17, 15) is 9.90 Å². The minimum atomic E-state index is -0.170. The second-order valence-electron chi connectivity index (χ2n) is 4.83. The van der Waals surface area contributed by atoms with Crippen molar-refractivity contribution >= 4 is 39.3 Å². The van der Waals surface area contributed by atoms with Gasteiger partial charge in [-0.1, -0.05) is 46.3 Å². The highest BCUT2D eigenvalue weighted by Gasteiger charge is 2.06. The van der Waals surface area contributed by atoms with E-state index in [0.717, 1.165) is 15.8 Å². The van der Waals surface area contributed by atoms with Crippen molar-refractivity contribution in [1.82, 2.24) is 5.43 Å². The number of hydrogen-bond donors (Lipinski definition) is 2. The highest BCUT2D eigenvalue weighted by atomic mass is 79.9. The van der Waals surface area contributed by atoms with Crippen LogP contribution < -0.4 is 5.43 Å². The molecule has 0 aromatic heterocycles. The molecule has 2 rings (SSSR count). The quantitative estimate of drug-likeness (QED) is 0.578. The predicted octanol–water partition coefficient (Wildman–Crippen LogP) is 3.93. The predicted molar refractivity (Wildman–Crippen MR) is 98.8 cm³/mol. The summed E-state index contributed by atoms with van der Waals surface area (Å²) in [7, 11) is 0. The number of phenolic OH excluding ortho intramolecular Hbond substituents is 1. The Balaban J connectivity index is 1.82. The molecule has 4 nitrogen and oxygen atoms in total. The second-order valence-corrected chi connectivity index (χ2v) is 6.67. The molecule has 23 heavy (non-hydrogen) atoms. The molecule has 2 N–H and O–H groups in total. The first-order chi connectivity index (χ1) is 11.1. The van der Waals surface area contributed by atoms with Crippen LogP contribution in [0.15, 0.2) is 58.1 Å². The van der Waals surface area contributed by atoms with Crippen LogP contribution in [0.5, 0.6) is 5.75 Å². The summed E-state index contributed by atoms with van der Waals surface area (Å²) in [5.74, 6) is 1.04. The number of hydrogen-bond acceptors (Lipinski definition) is 4. The number of halogens is 1. The van der Waals surface area contributed by atoms with Gasteiger partial charge in [0, 0.05) is 15.8 Å². The number of aromatic hydroxyl groups is 1. The van der Waals surface area contributed by atoms with Gasteiger partial charge < -0.3 is 5.11 Å². The van der Waals surface area contributed by atoms with Crippen LogP contribution in [0.25, 0.3) is 0 Å². The molecule has 120 valence electrons. The molecule has 0 aliphatic heterocycles. The molecule has 0 bridgehead atoms. The lowest BCUT2D eigenvalue weighted by molar-refractivity contribution is -0.118. The first kappa shape index (κ1) is 17.6. The third-order valence-electron chi connectivity index (χ3n) is 3.09. The largest absolute Gasteiger partial charge is 0.507 e. The van der Waals surface area contributed by atoms with Gasteiger partial charge in [-0.3, -0.25) is 4.79 Å². The topological polar surface area (TPSA) is 61.7 Å². The number of nitrogens with one attached hydrogen (secondary N) is 1. The number of rotatable bonds is 6. The fraction of sp³-hybridized carbons (Fsp3) is 0.176. The van der Waals surface area contributed by atoms with E-state index >= 15 is 0 Å². The van der Waals surface area contributed by atoms with Crippen LogP contribution >= 0.6 is 27.7 Å². The van der Waals surface area contributed by atoms with Crippen molar-refractivity contribution in [3.8, 4) is 5.75 Å². The summed E-state index contributed by atoms with van der Waals surface area (Å²) in [5.41, 5.74) is 4.83. The maximum atomic E-state index is 11.8. The van der Waals surface area contributed by atoms with E-state index in [1.54, 1.807) is 25.1 Å². The van der Waals surface area contributed by atoms with Gasteiger partial charge in [0.25, 0.3) is 0 Å². The Morgan fingerprint density at radius 3 is 2.65 bits per heavy atom. The fourth-order valence-corrected chi connectivity index (χ4v) is 3.32. The number of carbonyl (C=O) groups is 1. The van der Waals surface area contributed by atoms with Gasteiger partial charge in [0.15, 0.2) is 0 Å². The summed E-state index contributed by atoms with van der Waals surface area (Å²) in [6.45, 7) is 1.74. The molecule has 0 saturated heterocycles. The van der Waals surface area contributed by atoms with Crippen LogP contribution in [-0.4, -0.2) is 22.5 Å². The number of para-hydroxylation sites is 1. The standard InChI is InChI=1S/C17H17BrN2O2S/c1-12(14-7-3-5-9-16(14)21)19-20-17(22)11-23-10-13-6-2-4-8-15(13)18/h2-9,21H,10-11H2,1H3,(H,20,22)/b19-12-. The number of nitrogens with zero attached hydrogens (tertiary/aromatic N) is 1. The van der Waals surface area contributed by atoms with Crippen LogP contribution in [0.3, 0.4) is 0 Å². The lowest BCUT2D eigenvalue weighted by Gasteiger charge is -2.05. The maximum Gasteiger partial charge on any atom is 0.250 e. The average Bonchev–Trinajstić information content (AvgIpc) is 2.55. The van der Waals surface area contributed by atoms with Gasteiger partial charge in [-0.2, -0.15) is 5.10 Å². The smallest absolute Gasteiger partial charge is 0.250 e. The Kier molecular flexibility index (Phi) is 6.67. The lowest BCUT2D eigenvalue weighted by atomic mass is 10.1. The molecule has 0 aliphatic rings. The molecule has 0 unspecified atom stereocenters. The van der Waals surface area contributed by atoms with Crippen molar-refractivity contribution in [3.05, 3.63) is 64.1 Å². The summed E-state index contributed by atoms with van der Waals surface area (Å²) in [6.07, 6.45) is 0. The molecule has 0 heterocycles. The van der Waals surface area contributed by atoms with Crippen molar-refractivity contribution in [3.63, 3.8) is 0 Å². The van der Waals surface area contributed by atoms with Gasteiger partial charge in [-0.05, 0) is 30.7 Å². The fourth-order valence-electron chi connectivity index (χ4n) is 1.89. The second kappa shape index (κ2) is 8.74. The maximum absolute atomic E-state index is 11.8. The minimum Gasteiger partial charge on any atom is -0.507 e. The van der Waals surface area contributed by atoms with Crippen LogP contribution in [0.2, 0.25) is 0 Å². The van der Waals surface area contributed by atoms with E-state index < -0.39 is 0 Å². The molecule has 2 aromatic carbocycles. The summed E-state index contributed by atoms with van der Waals surface area (Å²) >= 11 is 5.01. The number of thioether (sulfide) groups is 1. The van der Waals surface area contributed by atoms with Crippen LogP contribution in [0.4, 0.5) is 0 Å². The highest BCUT2D eigenvalue weighted by Crippen LogP contribution is 2.21. The van der Waals surface area contributed by atoms with E-state index in [0.29, 0.717) is 17.0 Å². The van der Waals surface area contributed by atoms with Crippen LogP contribution in [-0.2, 0) is 10.5 Å². The lowest BCUT2D eigenvalue weighted by Crippen LogP contribution is -2.21. The van der Waals surface area contributed by atoms with Crippen molar-refractivity contribution in [2.24, 2.45) is 5.10 Å². The van der Waals surface area contributed by atoms with Crippen molar-refractivity contribution in [1.29, 1.82) is 0 Å². The molecule has 6 heteroatoms. The van der Waals surface area contributed by atoms with E-state index in [4.69, 9.17) is 0 Å². The average molecular weight is 393 g/mol. The molecule has 0 atom stereocenters. The Morgan fingerprint density at radius 1 is 1.22 bits per heavy atom. The van der Waals surface area contributed by atoms with Gasteiger partial charge in [-0.15, -0.1) is 11.8 Å². The van der Waals surface area contributed by atoms with E-state index in [-0.39, 0.29) is 11.7 Å². The molecule has 0 aliphatic carbocycles. The minimum absolute atomic E-state index is 0.145. The van der Waals surface area contributed by atoms with E-state index in [1.165, 1.54) is 11.8 Å². The molecule has 1 amide bonds. The third-order valence-corrected chi connectivity index (χ3v) is 4.85. The Bertz CT molecular complexity index is 719. The van der Waals surface area contributed by atoms with Crippen LogP contribution in [0.1, 0.15) is 18.1 Å². The van der Waals surface area contributed by atoms with Gasteiger partial charge in [0.05, 0.1) is 11.5 Å². The molecule has 0 saturated carbocycles. The van der Waals surface area contributed by atoms with Gasteiger partial charge >= 0.3 is 0 Å². The Labute approximate surface area is 148 Å². The molecular weight excluding hydrogens is 376 g/mol. The van der Waals surface area contributed by atoms with Gasteiger partial charge in [0.2, 0.25) is 5.91 Å². The highest BCUT2D eigenvalue weighted by molar-refractivity contribution is 9.10. The number of amides is 1. The van der Waals surface area contributed by atoms with Crippen molar-refractivity contribution < 1.29 is 9.90 Å². The summed E-state index contributed by atoms with van der Waals surface area (Å²) in [6, 6.07) is 14.8. The zero-order chi connectivity index (χ0) is 16.7. The zero-order valence-corrected chi connectivity index (χ0v) is 15.0. The number of hydrazone groups is 1. The van der Waals surface area contributed by atoms with Crippen molar-refractivity contribution in [2.45, 2.75) is 12.7 Å².